The summed E-state index contributed by atoms with van der Waals surface area (Å²) in [7, 11) is 0. The van der Waals surface area contributed by atoms with Gasteiger partial charge in [0.25, 0.3) is 0 Å². The quantitative estimate of drug-likeness (QED) is 0.740. The lowest BCUT2D eigenvalue weighted by Crippen LogP contribution is -2.36. The van der Waals surface area contributed by atoms with E-state index < -0.39 is 0 Å². The SMILES string of the molecule is N#CCCCCc1ccc2c(c1)C(c1ccnc(N3CCOCC3)c1)=NC2. The molecule has 4 rings (SSSR count). The van der Waals surface area contributed by atoms with Crippen molar-refractivity contribution in [2.24, 2.45) is 4.99 Å². The first kappa shape index (κ1) is 17.7. The van der Waals surface area contributed by atoms with Crippen LogP contribution >= 0.6 is 0 Å². The lowest BCUT2D eigenvalue weighted by atomic mass is 9.96. The molecular weight excluding hydrogens is 336 g/mol. The van der Waals surface area contributed by atoms with Crippen molar-refractivity contribution < 1.29 is 4.74 Å². The number of aryl methyl sites for hydroxylation is 1. The van der Waals surface area contributed by atoms with Crippen LogP contribution in [0.5, 0.6) is 0 Å². The lowest BCUT2D eigenvalue weighted by molar-refractivity contribution is 0.122. The molecule has 1 aromatic carbocycles. The number of pyridine rings is 1. The number of ether oxygens (including phenoxy) is 1. The Balaban J connectivity index is 1.54. The van der Waals surface area contributed by atoms with Crippen LogP contribution in [0, 0.1) is 11.3 Å². The largest absolute Gasteiger partial charge is 0.378 e. The third-order valence-electron chi connectivity index (χ3n) is 5.19. The van der Waals surface area contributed by atoms with Gasteiger partial charge in [0.1, 0.15) is 5.82 Å². The zero-order chi connectivity index (χ0) is 18.5. The molecule has 0 radical (unpaired) electrons. The number of aromatic nitrogens is 1. The van der Waals surface area contributed by atoms with E-state index in [1.165, 1.54) is 16.7 Å². The van der Waals surface area contributed by atoms with Crippen molar-refractivity contribution in [1.82, 2.24) is 4.98 Å². The second-order valence-electron chi connectivity index (χ2n) is 7.02. The third-order valence-corrected chi connectivity index (χ3v) is 5.19. The van der Waals surface area contributed by atoms with Crippen molar-refractivity contribution in [3.05, 3.63) is 58.8 Å². The summed E-state index contributed by atoms with van der Waals surface area (Å²) in [6.07, 6.45) is 5.54. The zero-order valence-corrected chi connectivity index (χ0v) is 15.5. The van der Waals surface area contributed by atoms with Gasteiger partial charge in [-0.05, 0) is 48.6 Å². The monoisotopic (exact) mass is 360 g/mol. The van der Waals surface area contributed by atoms with Gasteiger partial charge in [-0.3, -0.25) is 4.99 Å². The van der Waals surface area contributed by atoms with E-state index in [2.05, 4.69) is 46.3 Å². The minimum absolute atomic E-state index is 0.638. The number of rotatable bonds is 6. The van der Waals surface area contributed by atoms with Crippen LogP contribution < -0.4 is 4.90 Å². The predicted molar refractivity (Wildman–Crippen MR) is 106 cm³/mol. The molecule has 1 fully saturated rings. The second-order valence-corrected chi connectivity index (χ2v) is 7.02. The fraction of sp³-hybridized carbons (Fsp3) is 0.409. The molecule has 27 heavy (non-hydrogen) atoms. The molecule has 0 aliphatic carbocycles. The molecule has 5 nitrogen and oxygen atoms in total. The minimum atomic E-state index is 0.638. The van der Waals surface area contributed by atoms with E-state index in [1.54, 1.807) is 0 Å². The van der Waals surface area contributed by atoms with E-state index in [9.17, 15) is 0 Å². The van der Waals surface area contributed by atoms with Gasteiger partial charge in [0.15, 0.2) is 0 Å². The number of nitriles is 1. The summed E-state index contributed by atoms with van der Waals surface area (Å²) < 4.78 is 5.45. The maximum atomic E-state index is 8.69. The van der Waals surface area contributed by atoms with Crippen molar-refractivity contribution in [2.45, 2.75) is 32.2 Å². The molecule has 2 aromatic rings. The van der Waals surface area contributed by atoms with Gasteiger partial charge in [-0.15, -0.1) is 0 Å². The number of hydrogen-bond donors (Lipinski definition) is 0. The Kier molecular flexibility index (Phi) is 5.45. The maximum absolute atomic E-state index is 8.69. The van der Waals surface area contributed by atoms with Crippen LogP contribution in [0.4, 0.5) is 5.82 Å². The van der Waals surface area contributed by atoms with E-state index in [-0.39, 0.29) is 0 Å². The molecule has 0 saturated carbocycles. The van der Waals surface area contributed by atoms with Crippen molar-refractivity contribution in [3.63, 3.8) is 0 Å². The summed E-state index contributed by atoms with van der Waals surface area (Å²) in [5.74, 6) is 1.000. The minimum Gasteiger partial charge on any atom is -0.378 e. The van der Waals surface area contributed by atoms with Gasteiger partial charge in [-0.1, -0.05) is 12.1 Å². The number of morpholine rings is 1. The Bertz CT molecular complexity index is 878. The fourth-order valence-electron chi connectivity index (χ4n) is 3.70. The average molecular weight is 360 g/mol. The molecule has 138 valence electrons. The van der Waals surface area contributed by atoms with Crippen LogP contribution in [-0.2, 0) is 17.7 Å². The Morgan fingerprint density at radius 3 is 2.85 bits per heavy atom. The molecule has 1 aromatic heterocycles. The molecule has 0 bridgehead atoms. The number of nitrogens with zero attached hydrogens (tertiary/aromatic N) is 4. The number of anilines is 1. The summed E-state index contributed by atoms with van der Waals surface area (Å²) in [5, 5.41) is 8.69. The first-order chi connectivity index (χ1) is 13.3. The number of benzene rings is 1. The standard InChI is InChI=1S/C22H24N4O/c23-8-3-1-2-4-17-5-6-19-16-25-22(20(19)14-17)18-7-9-24-21(15-18)26-10-12-27-13-11-26/h5-7,9,14-15H,1-4,10-13,16H2. The molecular formula is C22H24N4O. The van der Waals surface area contributed by atoms with Crippen LogP contribution in [-0.4, -0.2) is 37.0 Å². The lowest BCUT2D eigenvalue weighted by Gasteiger charge is -2.28. The highest BCUT2D eigenvalue weighted by molar-refractivity contribution is 6.15. The van der Waals surface area contributed by atoms with Crippen LogP contribution in [0.15, 0.2) is 41.5 Å². The molecule has 2 aliphatic heterocycles. The number of unbranched alkanes of at least 4 members (excludes halogenated alkanes) is 2. The average Bonchev–Trinajstić information content (AvgIpc) is 3.15. The number of aliphatic imine (C=N–C) groups is 1. The van der Waals surface area contributed by atoms with Gasteiger partial charge in [-0.25, -0.2) is 4.98 Å². The highest BCUT2D eigenvalue weighted by atomic mass is 16.5. The van der Waals surface area contributed by atoms with Crippen molar-refractivity contribution in [1.29, 1.82) is 5.26 Å². The summed E-state index contributed by atoms with van der Waals surface area (Å²) in [6.45, 7) is 4.02. The van der Waals surface area contributed by atoms with Gasteiger partial charge in [0, 0.05) is 36.8 Å². The smallest absolute Gasteiger partial charge is 0.129 e. The molecule has 5 heteroatoms. The Labute approximate surface area is 160 Å². The highest BCUT2D eigenvalue weighted by Gasteiger charge is 2.20. The van der Waals surface area contributed by atoms with Gasteiger partial charge >= 0.3 is 0 Å². The molecule has 1 saturated heterocycles. The first-order valence-electron chi connectivity index (χ1n) is 9.68. The second kappa shape index (κ2) is 8.32. The van der Waals surface area contributed by atoms with Crippen LogP contribution in [0.3, 0.4) is 0 Å². The summed E-state index contributed by atoms with van der Waals surface area (Å²) >= 11 is 0. The molecule has 2 aliphatic rings. The third kappa shape index (κ3) is 4.01. The van der Waals surface area contributed by atoms with Gasteiger partial charge in [0.2, 0.25) is 0 Å². The maximum Gasteiger partial charge on any atom is 0.129 e. The van der Waals surface area contributed by atoms with Gasteiger partial charge in [-0.2, -0.15) is 5.26 Å². The molecule has 0 N–H and O–H groups in total. The van der Waals surface area contributed by atoms with E-state index in [1.807, 2.05) is 6.20 Å². The summed E-state index contributed by atoms with van der Waals surface area (Å²) in [4.78, 5) is 11.6. The zero-order valence-electron chi connectivity index (χ0n) is 15.5. The van der Waals surface area contributed by atoms with E-state index in [0.717, 1.165) is 69.2 Å². The van der Waals surface area contributed by atoms with E-state index in [4.69, 9.17) is 15.0 Å². The topological polar surface area (TPSA) is 61.5 Å². The van der Waals surface area contributed by atoms with Crippen molar-refractivity contribution >= 4 is 11.5 Å². The number of fused-ring (bicyclic) bond motifs is 1. The van der Waals surface area contributed by atoms with Gasteiger partial charge in [0.05, 0.1) is 31.5 Å². The summed E-state index contributed by atoms with van der Waals surface area (Å²) in [6, 6.07) is 13.1. The highest BCUT2D eigenvalue weighted by Crippen LogP contribution is 2.26. The Hall–Kier alpha value is -2.71. The van der Waals surface area contributed by atoms with Crippen LogP contribution in [0.25, 0.3) is 0 Å². The molecule has 0 spiro atoms. The molecule has 0 unspecified atom stereocenters. The Morgan fingerprint density at radius 2 is 2.00 bits per heavy atom. The number of hydrogen-bond acceptors (Lipinski definition) is 5. The molecule has 0 atom stereocenters. The predicted octanol–water partition coefficient (Wildman–Crippen LogP) is 3.51. The van der Waals surface area contributed by atoms with E-state index >= 15 is 0 Å². The first-order valence-corrected chi connectivity index (χ1v) is 9.68. The Morgan fingerprint density at radius 1 is 1.11 bits per heavy atom. The van der Waals surface area contributed by atoms with Gasteiger partial charge < -0.3 is 9.64 Å². The molecule has 3 heterocycles. The van der Waals surface area contributed by atoms with Crippen molar-refractivity contribution in [3.8, 4) is 6.07 Å². The van der Waals surface area contributed by atoms with Crippen LogP contribution in [0.2, 0.25) is 0 Å². The fourth-order valence-corrected chi connectivity index (χ4v) is 3.70. The normalized spacial score (nSPS) is 16.0. The summed E-state index contributed by atoms with van der Waals surface area (Å²) in [5.41, 5.74) is 6.05. The van der Waals surface area contributed by atoms with E-state index in [0.29, 0.717) is 6.42 Å². The van der Waals surface area contributed by atoms with Crippen LogP contribution in [0.1, 0.15) is 41.5 Å². The molecule has 0 amide bonds. The van der Waals surface area contributed by atoms with Crippen molar-refractivity contribution in [2.75, 3.05) is 31.2 Å².